The molecular formula is C11H15Cl3O4. The topological polar surface area (TPSA) is 52.6 Å². The van der Waals surface area contributed by atoms with Gasteiger partial charge >= 0.3 is 11.9 Å². The van der Waals surface area contributed by atoms with Crippen LogP contribution < -0.4 is 0 Å². The zero-order valence-corrected chi connectivity index (χ0v) is 12.4. The number of carbonyl (C=O) groups excluding carboxylic acids is 2. The van der Waals surface area contributed by atoms with Crippen LogP contribution in [0.3, 0.4) is 0 Å². The molecule has 104 valence electrons. The fourth-order valence-corrected chi connectivity index (χ4v) is 2.52. The van der Waals surface area contributed by atoms with Gasteiger partial charge in [0.15, 0.2) is 9.21 Å². The highest BCUT2D eigenvalue weighted by Gasteiger charge is 2.69. The fourth-order valence-electron chi connectivity index (χ4n) is 1.96. The van der Waals surface area contributed by atoms with Crippen molar-refractivity contribution in [2.24, 2.45) is 11.3 Å². The molecule has 0 saturated heterocycles. The summed E-state index contributed by atoms with van der Waals surface area (Å²) >= 11 is 17.1. The second kappa shape index (κ2) is 5.85. The standard InChI is InChI=1S/C11H15Cl3O4/c1-3-17-8(15)10(9(16)18-4-2)5-7(10)6-11(12,13)14/h7H,3-6H2,1-2H3. The molecule has 0 aromatic heterocycles. The lowest BCUT2D eigenvalue weighted by atomic mass is 10.0. The van der Waals surface area contributed by atoms with E-state index in [1.54, 1.807) is 13.8 Å². The molecule has 0 radical (unpaired) electrons. The Morgan fingerprint density at radius 2 is 1.61 bits per heavy atom. The molecule has 0 aliphatic heterocycles. The van der Waals surface area contributed by atoms with E-state index in [-0.39, 0.29) is 25.6 Å². The number of esters is 2. The number of rotatable bonds is 5. The van der Waals surface area contributed by atoms with E-state index in [4.69, 9.17) is 44.3 Å². The van der Waals surface area contributed by atoms with Gasteiger partial charge in [0.1, 0.15) is 0 Å². The molecule has 1 unspecified atom stereocenters. The van der Waals surface area contributed by atoms with Gasteiger partial charge in [0, 0.05) is 0 Å². The Kier molecular flexibility index (Phi) is 5.15. The maximum atomic E-state index is 11.9. The molecule has 1 aliphatic carbocycles. The third-order valence-corrected chi connectivity index (χ3v) is 3.33. The van der Waals surface area contributed by atoms with E-state index in [1.807, 2.05) is 0 Å². The van der Waals surface area contributed by atoms with E-state index in [9.17, 15) is 9.59 Å². The molecule has 1 saturated carbocycles. The molecule has 0 amide bonds. The lowest BCUT2D eigenvalue weighted by Crippen LogP contribution is -2.32. The van der Waals surface area contributed by atoms with Crippen LogP contribution in [0.5, 0.6) is 0 Å². The van der Waals surface area contributed by atoms with Gasteiger partial charge in [-0.2, -0.15) is 0 Å². The van der Waals surface area contributed by atoms with Crippen LogP contribution in [0.15, 0.2) is 0 Å². The maximum Gasteiger partial charge on any atom is 0.323 e. The zero-order chi connectivity index (χ0) is 14.0. The predicted molar refractivity (Wildman–Crippen MR) is 68.7 cm³/mol. The molecule has 1 fully saturated rings. The van der Waals surface area contributed by atoms with Crippen molar-refractivity contribution in [1.82, 2.24) is 0 Å². The maximum absolute atomic E-state index is 11.9. The minimum atomic E-state index is -1.49. The summed E-state index contributed by atoms with van der Waals surface area (Å²) in [6, 6.07) is 0. The molecule has 1 atom stereocenters. The second-order valence-corrected chi connectivity index (χ2v) is 6.65. The van der Waals surface area contributed by atoms with Crippen LogP contribution in [-0.2, 0) is 19.1 Å². The van der Waals surface area contributed by atoms with Crippen LogP contribution in [0.2, 0.25) is 0 Å². The van der Waals surface area contributed by atoms with Crippen LogP contribution >= 0.6 is 34.8 Å². The van der Waals surface area contributed by atoms with E-state index in [0.717, 1.165) is 0 Å². The zero-order valence-electron chi connectivity index (χ0n) is 10.2. The number of ether oxygens (including phenoxy) is 2. The van der Waals surface area contributed by atoms with Gasteiger partial charge in [0.25, 0.3) is 0 Å². The lowest BCUT2D eigenvalue weighted by Gasteiger charge is -2.16. The number of alkyl halides is 3. The highest BCUT2D eigenvalue weighted by Crippen LogP contribution is 2.59. The predicted octanol–water partition coefficient (Wildman–Crippen LogP) is 2.88. The number of carbonyl (C=O) groups is 2. The van der Waals surface area contributed by atoms with Crippen LogP contribution in [0, 0.1) is 11.3 Å². The molecule has 0 heterocycles. The first kappa shape index (κ1) is 15.9. The summed E-state index contributed by atoms with van der Waals surface area (Å²) in [7, 11) is 0. The van der Waals surface area contributed by atoms with Gasteiger partial charge in [-0.25, -0.2) is 0 Å². The van der Waals surface area contributed by atoms with Crippen molar-refractivity contribution in [3.63, 3.8) is 0 Å². The Morgan fingerprint density at radius 1 is 1.17 bits per heavy atom. The SMILES string of the molecule is CCOC(=O)C1(C(=O)OCC)CC1CC(Cl)(Cl)Cl. The second-order valence-electron chi connectivity index (χ2n) is 4.13. The molecule has 18 heavy (non-hydrogen) atoms. The van der Waals surface area contributed by atoms with Gasteiger partial charge < -0.3 is 9.47 Å². The Morgan fingerprint density at radius 3 is 1.94 bits per heavy atom. The van der Waals surface area contributed by atoms with Crippen molar-refractivity contribution in [3.05, 3.63) is 0 Å². The summed E-state index contributed by atoms with van der Waals surface area (Å²) in [5, 5.41) is 0. The van der Waals surface area contributed by atoms with Crippen molar-refractivity contribution >= 4 is 46.7 Å². The smallest absolute Gasteiger partial charge is 0.323 e. The van der Waals surface area contributed by atoms with Crippen LogP contribution in [0.1, 0.15) is 26.7 Å². The van der Waals surface area contributed by atoms with Crippen molar-refractivity contribution in [1.29, 1.82) is 0 Å². The van der Waals surface area contributed by atoms with Crippen LogP contribution in [-0.4, -0.2) is 28.9 Å². The fraction of sp³-hybridized carbons (Fsp3) is 0.818. The van der Waals surface area contributed by atoms with Crippen molar-refractivity contribution < 1.29 is 19.1 Å². The number of halogens is 3. The Balaban J connectivity index is 2.80. The largest absolute Gasteiger partial charge is 0.465 e. The minimum Gasteiger partial charge on any atom is -0.465 e. The van der Waals surface area contributed by atoms with Crippen molar-refractivity contribution in [2.75, 3.05) is 13.2 Å². The van der Waals surface area contributed by atoms with E-state index in [1.165, 1.54) is 0 Å². The third-order valence-electron chi connectivity index (χ3n) is 2.86. The first-order valence-electron chi connectivity index (χ1n) is 5.69. The summed E-state index contributed by atoms with van der Waals surface area (Å²) in [4.78, 5) is 23.8. The molecule has 0 aromatic rings. The number of hydrogen-bond donors (Lipinski definition) is 0. The van der Waals surface area contributed by atoms with Gasteiger partial charge in [-0.15, -0.1) is 0 Å². The Labute approximate surface area is 121 Å². The molecule has 0 N–H and O–H groups in total. The molecule has 0 aromatic carbocycles. The quantitative estimate of drug-likeness (QED) is 0.444. The summed E-state index contributed by atoms with van der Waals surface area (Å²) in [5.74, 6) is -1.53. The van der Waals surface area contributed by atoms with Crippen LogP contribution in [0.4, 0.5) is 0 Å². The summed E-state index contributed by atoms with van der Waals surface area (Å²) < 4.78 is 8.33. The van der Waals surface area contributed by atoms with Gasteiger partial charge in [0.2, 0.25) is 0 Å². The molecular weight excluding hydrogens is 302 g/mol. The Hall–Kier alpha value is -0.190. The van der Waals surface area contributed by atoms with E-state index >= 15 is 0 Å². The Bertz CT molecular complexity index is 320. The first-order valence-corrected chi connectivity index (χ1v) is 6.82. The first-order chi connectivity index (χ1) is 8.28. The normalized spacial score (nSPS) is 21.3. The lowest BCUT2D eigenvalue weighted by molar-refractivity contribution is -0.165. The average molecular weight is 318 g/mol. The summed E-state index contributed by atoms with van der Waals surface area (Å²) in [6.45, 7) is 3.73. The third kappa shape index (κ3) is 3.43. The van der Waals surface area contributed by atoms with Gasteiger partial charge in [-0.1, -0.05) is 34.8 Å². The van der Waals surface area contributed by atoms with Crippen LogP contribution in [0.25, 0.3) is 0 Å². The van der Waals surface area contributed by atoms with E-state index < -0.39 is 21.1 Å². The highest BCUT2D eigenvalue weighted by atomic mass is 35.6. The van der Waals surface area contributed by atoms with E-state index in [0.29, 0.717) is 6.42 Å². The molecule has 7 heteroatoms. The van der Waals surface area contributed by atoms with Gasteiger partial charge in [-0.3, -0.25) is 9.59 Å². The van der Waals surface area contributed by atoms with Gasteiger partial charge in [-0.05, 0) is 32.6 Å². The average Bonchev–Trinajstić information content (AvgIpc) is 2.91. The minimum absolute atomic E-state index is 0.120. The molecule has 1 aliphatic rings. The molecule has 4 nitrogen and oxygen atoms in total. The van der Waals surface area contributed by atoms with Crippen molar-refractivity contribution in [2.45, 2.75) is 30.5 Å². The monoisotopic (exact) mass is 316 g/mol. The summed E-state index contributed by atoms with van der Waals surface area (Å²) in [5.41, 5.74) is -1.28. The molecule has 1 rings (SSSR count). The highest BCUT2D eigenvalue weighted by molar-refractivity contribution is 6.67. The molecule has 0 spiro atoms. The molecule has 0 bridgehead atoms. The van der Waals surface area contributed by atoms with E-state index in [2.05, 4.69) is 0 Å². The van der Waals surface area contributed by atoms with Gasteiger partial charge in [0.05, 0.1) is 13.2 Å². The number of hydrogen-bond acceptors (Lipinski definition) is 4. The van der Waals surface area contributed by atoms with Crippen molar-refractivity contribution in [3.8, 4) is 0 Å². The summed E-state index contributed by atoms with van der Waals surface area (Å²) in [6.07, 6.45) is 0.424.